The monoisotopic (exact) mass is 300 g/mol. The number of aliphatic hydroxyl groups excluding tert-OH is 1. The molecule has 0 unspecified atom stereocenters. The van der Waals surface area contributed by atoms with Gasteiger partial charge in [-0.1, -0.05) is 6.07 Å². The fraction of sp³-hybridized carbons (Fsp3) is 0.385. The van der Waals surface area contributed by atoms with Crippen LogP contribution in [0.5, 0.6) is 0 Å². The van der Waals surface area contributed by atoms with E-state index in [1.54, 1.807) is 0 Å². The van der Waals surface area contributed by atoms with Crippen molar-refractivity contribution in [3.63, 3.8) is 0 Å². The van der Waals surface area contributed by atoms with E-state index >= 15 is 0 Å². The van der Waals surface area contributed by atoms with Crippen LogP contribution in [0.25, 0.3) is 0 Å². The molecule has 0 heterocycles. The minimum absolute atomic E-state index is 0.0485. The average molecular weight is 300 g/mol. The Labute approximate surface area is 120 Å². The van der Waals surface area contributed by atoms with E-state index in [2.05, 4.69) is 5.32 Å². The molecule has 1 aromatic carbocycles. The molecule has 1 rings (SSSR count). The second-order valence-corrected chi connectivity index (χ2v) is 4.10. The standard InChI is InChI=1S/C13H17FN2O5/c1-21-8-6-16(5-7-17)13(20)15-10-4-2-3-9(14)11(10)12(18)19/h2-4,17H,5-8H2,1H3,(H,15,20)(H,18,19). The van der Waals surface area contributed by atoms with Crippen molar-refractivity contribution in [2.24, 2.45) is 0 Å². The molecule has 8 heteroatoms. The summed E-state index contributed by atoms with van der Waals surface area (Å²) in [4.78, 5) is 24.3. The van der Waals surface area contributed by atoms with Gasteiger partial charge in [-0.05, 0) is 12.1 Å². The molecule has 0 aliphatic heterocycles. The van der Waals surface area contributed by atoms with Gasteiger partial charge in [-0.25, -0.2) is 14.0 Å². The Morgan fingerprint density at radius 1 is 1.38 bits per heavy atom. The van der Waals surface area contributed by atoms with Crippen LogP contribution in [0.4, 0.5) is 14.9 Å². The van der Waals surface area contributed by atoms with Gasteiger partial charge in [0.05, 0.1) is 18.9 Å². The third kappa shape index (κ3) is 4.69. The normalized spacial score (nSPS) is 10.2. The number of carbonyl (C=O) groups excluding carboxylic acids is 1. The molecule has 0 aromatic heterocycles. The molecule has 0 saturated heterocycles. The number of carbonyl (C=O) groups is 2. The van der Waals surface area contributed by atoms with E-state index in [9.17, 15) is 14.0 Å². The highest BCUT2D eigenvalue weighted by Crippen LogP contribution is 2.19. The van der Waals surface area contributed by atoms with Gasteiger partial charge in [-0.2, -0.15) is 0 Å². The van der Waals surface area contributed by atoms with Crippen LogP contribution in [0, 0.1) is 5.82 Å². The molecule has 7 nitrogen and oxygen atoms in total. The Balaban J connectivity index is 2.90. The highest BCUT2D eigenvalue weighted by Gasteiger charge is 2.19. The average Bonchev–Trinajstić information content (AvgIpc) is 2.43. The second kappa shape index (κ2) is 8.18. The number of benzene rings is 1. The van der Waals surface area contributed by atoms with E-state index in [0.29, 0.717) is 0 Å². The van der Waals surface area contributed by atoms with Crippen molar-refractivity contribution in [3.05, 3.63) is 29.6 Å². The first kappa shape index (κ1) is 16.9. The van der Waals surface area contributed by atoms with Gasteiger partial charge >= 0.3 is 12.0 Å². The number of urea groups is 1. The molecule has 2 amide bonds. The molecule has 0 spiro atoms. The number of nitrogens with one attached hydrogen (secondary N) is 1. The third-order valence-electron chi connectivity index (χ3n) is 2.69. The van der Waals surface area contributed by atoms with Gasteiger partial charge in [0.25, 0.3) is 0 Å². The molecule has 21 heavy (non-hydrogen) atoms. The number of nitrogens with zero attached hydrogens (tertiary/aromatic N) is 1. The lowest BCUT2D eigenvalue weighted by molar-refractivity contribution is 0.0693. The number of hydrogen-bond donors (Lipinski definition) is 3. The number of hydrogen-bond acceptors (Lipinski definition) is 4. The largest absolute Gasteiger partial charge is 0.478 e. The van der Waals surface area contributed by atoms with Crippen LogP contribution in [0.15, 0.2) is 18.2 Å². The van der Waals surface area contributed by atoms with Gasteiger partial charge in [0, 0.05) is 20.2 Å². The molecule has 0 aliphatic rings. The van der Waals surface area contributed by atoms with E-state index in [0.717, 1.165) is 6.07 Å². The predicted octanol–water partition coefficient (Wildman–Crippen LogP) is 0.996. The molecular weight excluding hydrogens is 283 g/mol. The minimum atomic E-state index is -1.48. The summed E-state index contributed by atoms with van der Waals surface area (Å²) < 4.78 is 18.3. The zero-order valence-corrected chi connectivity index (χ0v) is 11.5. The van der Waals surface area contributed by atoms with Gasteiger partial charge in [-0.3, -0.25) is 0 Å². The number of amides is 2. The number of aliphatic hydroxyl groups is 1. The number of methoxy groups -OCH3 is 1. The lowest BCUT2D eigenvalue weighted by atomic mass is 10.1. The highest BCUT2D eigenvalue weighted by atomic mass is 19.1. The van der Waals surface area contributed by atoms with Gasteiger partial charge < -0.3 is 25.2 Å². The molecule has 0 atom stereocenters. The van der Waals surface area contributed by atoms with E-state index in [-0.39, 0.29) is 32.0 Å². The summed E-state index contributed by atoms with van der Waals surface area (Å²) in [6.45, 7) is 0.252. The van der Waals surface area contributed by atoms with Crippen molar-refractivity contribution in [2.75, 3.05) is 38.7 Å². The van der Waals surface area contributed by atoms with Crippen LogP contribution in [-0.4, -0.2) is 60.5 Å². The fourth-order valence-electron chi connectivity index (χ4n) is 1.68. The first-order chi connectivity index (χ1) is 10.0. The lowest BCUT2D eigenvalue weighted by Gasteiger charge is -2.22. The first-order valence-corrected chi connectivity index (χ1v) is 6.18. The molecule has 0 saturated carbocycles. The van der Waals surface area contributed by atoms with E-state index < -0.39 is 23.4 Å². The van der Waals surface area contributed by atoms with Crippen molar-refractivity contribution >= 4 is 17.7 Å². The van der Waals surface area contributed by atoms with Crippen molar-refractivity contribution in [2.45, 2.75) is 0 Å². The Morgan fingerprint density at radius 3 is 2.67 bits per heavy atom. The van der Waals surface area contributed by atoms with Gasteiger partial charge in [0.1, 0.15) is 11.4 Å². The van der Waals surface area contributed by atoms with Crippen LogP contribution in [-0.2, 0) is 4.74 Å². The van der Waals surface area contributed by atoms with Crippen molar-refractivity contribution < 1.29 is 28.9 Å². The topological polar surface area (TPSA) is 99.1 Å². The lowest BCUT2D eigenvalue weighted by Crippen LogP contribution is -2.39. The zero-order valence-electron chi connectivity index (χ0n) is 11.5. The molecule has 0 radical (unpaired) electrons. The summed E-state index contributed by atoms with van der Waals surface area (Å²) in [6, 6.07) is 2.94. The second-order valence-electron chi connectivity index (χ2n) is 4.10. The summed E-state index contributed by atoms with van der Waals surface area (Å²) in [6.07, 6.45) is 0. The number of carboxylic acid groups (broad SMARTS) is 1. The van der Waals surface area contributed by atoms with Gasteiger partial charge in [0.15, 0.2) is 0 Å². The van der Waals surface area contributed by atoms with Crippen molar-refractivity contribution in [1.29, 1.82) is 0 Å². The molecular formula is C13H17FN2O5. The summed E-state index contributed by atoms with van der Waals surface area (Å²) in [7, 11) is 1.46. The SMILES string of the molecule is COCCN(CCO)C(=O)Nc1cccc(F)c1C(=O)O. The maximum atomic E-state index is 13.5. The Hall–Kier alpha value is -2.19. The van der Waals surface area contributed by atoms with E-state index in [4.69, 9.17) is 14.9 Å². The van der Waals surface area contributed by atoms with E-state index in [1.807, 2.05) is 0 Å². The number of anilines is 1. The molecule has 1 aromatic rings. The smallest absolute Gasteiger partial charge is 0.340 e. The Morgan fingerprint density at radius 2 is 2.10 bits per heavy atom. The molecule has 0 fully saturated rings. The predicted molar refractivity (Wildman–Crippen MR) is 72.9 cm³/mol. The first-order valence-electron chi connectivity index (χ1n) is 6.18. The molecule has 3 N–H and O–H groups in total. The van der Waals surface area contributed by atoms with Crippen LogP contribution < -0.4 is 5.32 Å². The Kier molecular flexibility index (Phi) is 6.57. The molecule has 0 bridgehead atoms. The number of rotatable bonds is 7. The third-order valence-corrected chi connectivity index (χ3v) is 2.69. The Bertz CT molecular complexity index is 509. The van der Waals surface area contributed by atoms with Gasteiger partial charge in [0.2, 0.25) is 0 Å². The number of aromatic carboxylic acids is 1. The summed E-state index contributed by atoms with van der Waals surface area (Å²) in [5, 5.41) is 20.2. The fourth-order valence-corrected chi connectivity index (χ4v) is 1.68. The summed E-state index contributed by atoms with van der Waals surface area (Å²) in [5.74, 6) is -2.42. The molecule has 0 aliphatic carbocycles. The van der Waals surface area contributed by atoms with Crippen LogP contribution in [0.1, 0.15) is 10.4 Å². The number of halogens is 1. The van der Waals surface area contributed by atoms with Crippen LogP contribution >= 0.6 is 0 Å². The maximum absolute atomic E-state index is 13.5. The van der Waals surface area contributed by atoms with Gasteiger partial charge in [-0.15, -0.1) is 0 Å². The number of ether oxygens (including phenoxy) is 1. The highest BCUT2D eigenvalue weighted by molar-refractivity contribution is 6.00. The molecule has 116 valence electrons. The van der Waals surface area contributed by atoms with E-state index in [1.165, 1.54) is 24.1 Å². The number of carboxylic acids is 1. The van der Waals surface area contributed by atoms with Crippen LogP contribution in [0.2, 0.25) is 0 Å². The minimum Gasteiger partial charge on any atom is -0.478 e. The summed E-state index contributed by atoms with van der Waals surface area (Å²) in [5.41, 5.74) is -0.755. The van der Waals surface area contributed by atoms with Crippen LogP contribution in [0.3, 0.4) is 0 Å². The quantitative estimate of drug-likeness (QED) is 0.697. The summed E-state index contributed by atoms with van der Waals surface area (Å²) >= 11 is 0. The van der Waals surface area contributed by atoms with Crippen molar-refractivity contribution in [1.82, 2.24) is 4.90 Å². The zero-order chi connectivity index (χ0) is 15.8. The van der Waals surface area contributed by atoms with Crippen molar-refractivity contribution in [3.8, 4) is 0 Å². The maximum Gasteiger partial charge on any atom is 0.340 e.